The Labute approximate surface area is 243 Å². The van der Waals surface area contributed by atoms with E-state index in [1.807, 2.05) is 17.2 Å². The smallest absolute Gasteiger partial charge is 0.227 e. The van der Waals surface area contributed by atoms with Gasteiger partial charge in [0.15, 0.2) is 0 Å². The molecule has 0 unspecified atom stereocenters. The minimum Gasteiger partial charge on any atom is -0.389 e. The van der Waals surface area contributed by atoms with E-state index in [0.29, 0.717) is 49.4 Å². The molecule has 10 nitrogen and oxygen atoms in total. The third kappa shape index (κ3) is 6.12. The zero-order valence-corrected chi connectivity index (χ0v) is 25.5. The number of hydrogen-bond acceptors (Lipinski definition) is 10. The Bertz CT molecular complexity index is 1500. The number of β-amino-alcohol motifs (C(OH)–C–C–N with tert-alkyl or cyclic N) is 1. The van der Waals surface area contributed by atoms with Gasteiger partial charge < -0.3 is 25.0 Å². The highest BCUT2D eigenvalue weighted by atomic mass is 32.2. The highest BCUT2D eigenvalue weighted by molar-refractivity contribution is 7.91. The molecule has 0 saturated carbocycles. The molecule has 3 atom stereocenters. The number of pyridine rings is 1. The van der Waals surface area contributed by atoms with Gasteiger partial charge in [-0.2, -0.15) is 4.98 Å². The number of nitrogens with one attached hydrogen (secondary N) is 1. The summed E-state index contributed by atoms with van der Waals surface area (Å²) in [6, 6.07) is 8.23. The van der Waals surface area contributed by atoms with Crippen LogP contribution in [0.1, 0.15) is 58.4 Å². The summed E-state index contributed by atoms with van der Waals surface area (Å²) < 4.78 is 29.8. The number of anilines is 4. The molecule has 41 heavy (non-hydrogen) atoms. The lowest BCUT2D eigenvalue weighted by molar-refractivity contribution is -0.0219. The Balaban J connectivity index is 1.41. The summed E-state index contributed by atoms with van der Waals surface area (Å²) >= 11 is 0. The molecule has 2 aliphatic rings. The maximum absolute atomic E-state index is 12.2. The van der Waals surface area contributed by atoms with E-state index >= 15 is 0 Å². The SMILES string of the molecule is CCS(=O)(=O)CC[C@]1(C)CCN1c1ccc(C(C)C)c2cc(Nc3ccnc(N4CC[C@@H](OC)[C@H](O)C4)n3)ncc12. The normalized spacial score (nSPS) is 23.2. The van der Waals surface area contributed by atoms with Crippen molar-refractivity contribution in [3.8, 4) is 0 Å². The van der Waals surface area contributed by atoms with Crippen molar-refractivity contribution in [2.45, 2.75) is 70.6 Å². The number of aliphatic hydroxyl groups excluding tert-OH is 1. The third-order valence-electron chi connectivity index (χ3n) is 8.75. The van der Waals surface area contributed by atoms with Crippen LogP contribution in [0, 0.1) is 0 Å². The average molecular weight is 583 g/mol. The van der Waals surface area contributed by atoms with Crippen LogP contribution in [0.25, 0.3) is 10.8 Å². The zero-order valence-electron chi connectivity index (χ0n) is 24.7. The molecule has 5 rings (SSSR count). The molecule has 2 saturated heterocycles. The molecule has 2 fully saturated rings. The van der Waals surface area contributed by atoms with E-state index in [9.17, 15) is 13.5 Å². The van der Waals surface area contributed by atoms with Crippen LogP contribution < -0.4 is 15.1 Å². The van der Waals surface area contributed by atoms with E-state index in [1.54, 1.807) is 20.2 Å². The third-order valence-corrected chi connectivity index (χ3v) is 10.5. The molecule has 0 spiro atoms. The van der Waals surface area contributed by atoms with Crippen LogP contribution >= 0.6 is 0 Å². The van der Waals surface area contributed by atoms with Gasteiger partial charge in [0.05, 0.1) is 18.0 Å². The topological polar surface area (TPSA) is 121 Å². The number of rotatable bonds is 10. The fourth-order valence-electron chi connectivity index (χ4n) is 5.92. The lowest BCUT2D eigenvalue weighted by Crippen LogP contribution is -2.59. The number of aliphatic hydroxyl groups is 1. The number of hydrogen-bond donors (Lipinski definition) is 2. The Morgan fingerprint density at radius 2 is 1.98 bits per heavy atom. The van der Waals surface area contributed by atoms with Crippen LogP contribution in [-0.2, 0) is 14.6 Å². The largest absolute Gasteiger partial charge is 0.389 e. The van der Waals surface area contributed by atoms with E-state index in [1.165, 1.54) is 5.56 Å². The molecule has 11 heteroatoms. The van der Waals surface area contributed by atoms with Gasteiger partial charge in [0, 0.05) is 61.5 Å². The van der Waals surface area contributed by atoms with Crippen molar-refractivity contribution in [1.29, 1.82) is 0 Å². The molecule has 2 aliphatic heterocycles. The van der Waals surface area contributed by atoms with Crippen molar-refractivity contribution in [3.05, 3.63) is 42.2 Å². The number of sulfone groups is 1. The van der Waals surface area contributed by atoms with Gasteiger partial charge in [0.25, 0.3) is 0 Å². The summed E-state index contributed by atoms with van der Waals surface area (Å²) in [5.41, 5.74) is 2.12. The van der Waals surface area contributed by atoms with Crippen LogP contribution in [-0.4, -0.2) is 84.5 Å². The van der Waals surface area contributed by atoms with Gasteiger partial charge in [-0.3, -0.25) is 0 Å². The van der Waals surface area contributed by atoms with Crippen LogP contribution in [0.5, 0.6) is 0 Å². The Morgan fingerprint density at radius 1 is 1.17 bits per heavy atom. The van der Waals surface area contributed by atoms with E-state index in [2.05, 4.69) is 54.2 Å². The van der Waals surface area contributed by atoms with Crippen LogP contribution in [0.15, 0.2) is 36.7 Å². The molecule has 2 N–H and O–H groups in total. The summed E-state index contributed by atoms with van der Waals surface area (Å²) in [7, 11) is -1.40. The second-order valence-corrected chi connectivity index (χ2v) is 14.2. The van der Waals surface area contributed by atoms with Gasteiger partial charge in [-0.05, 0) is 61.3 Å². The molecule has 222 valence electrons. The maximum atomic E-state index is 12.2. The number of methoxy groups -OCH3 is 1. The second-order valence-electron chi connectivity index (χ2n) is 11.8. The van der Waals surface area contributed by atoms with Crippen molar-refractivity contribution < 1.29 is 18.3 Å². The first-order chi connectivity index (χ1) is 19.5. The summed E-state index contributed by atoms with van der Waals surface area (Å²) in [6.45, 7) is 10.2. The van der Waals surface area contributed by atoms with Gasteiger partial charge in [0.1, 0.15) is 21.5 Å². The van der Waals surface area contributed by atoms with E-state index in [0.717, 1.165) is 29.4 Å². The van der Waals surface area contributed by atoms with Crippen molar-refractivity contribution in [3.63, 3.8) is 0 Å². The second kappa shape index (κ2) is 11.7. The van der Waals surface area contributed by atoms with Crippen molar-refractivity contribution in [2.24, 2.45) is 0 Å². The van der Waals surface area contributed by atoms with Crippen molar-refractivity contribution >= 4 is 43.9 Å². The van der Waals surface area contributed by atoms with Crippen molar-refractivity contribution in [2.75, 3.05) is 53.4 Å². The van der Waals surface area contributed by atoms with Gasteiger partial charge in [0.2, 0.25) is 5.95 Å². The molecule has 0 radical (unpaired) electrons. The molecular weight excluding hydrogens is 540 g/mol. The summed E-state index contributed by atoms with van der Waals surface area (Å²) in [5, 5.41) is 15.9. The van der Waals surface area contributed by atoms with Gasteiger partial charge >= 0.3 is 0 Å². The minimum atomic E-state index is -3.03. The molecule has 3 aromatic rings. The minimum absolute atomic E-state index is 0.173. The number of ether oxygens (including phenoxy) is 1. The van der Waals surface area contributed by atoms with Crippen LogP contribution in [0.3, 0.4) is 0 Å². The van der Waals surface area contributed by atoms with Gasteiger partial charge in [-0.1, -0.05) is 26.8 Å². The first kappa shape index (κ1) is 29.5. The maximum Gasteiger partial charge on any atom is 0.227 e. The van der Waals surface area contributed by atoms with Gasteiger partial charge in [-0.25, -0.2) is 18.4 Å². The molecule has 0 aliphatic carbocycles. The van der Waals surface area contributed by atoms with Crippen LogP contribution in [0.2, 0.25) is 0 Å². The molecular formula is C30H42N6O4S. The standard InChI is InChI=1S/C30H42N6O4S/c1-6-41(38,39)16-12-30(4)11-15-36(30)24-8-7-21(20(2)3)22-17-28(32-18-23(22)24)33-27-9-13-31-29(34-27)35-14-10-26(40-5)25(37)19-35/h7-9,13,17-18,20,25-26,37H,6,10-12,14-16,19H2,1-5H3,(H,31,32,33,34)/t25-,26-,30+/m1/s1. The first-order valence-corrected chi connectivity index (χ1v) is 16.3. The van der Waals surface area contributed by atoms with E-state index in [4.69, 9.17) is 14.7 Å². The fourth-order valence-corrected chi connectivity index (χ4v) is 6.96. The highest BCUT2D eigenvalue weighted by Crippen LogP contribution is 2.43. The zero-order chi connectivity index (χ0) is 29.4. The number of piperidine rings is 1. The highest BCUT2D eigenvalue weighted by Gasteiger charge is 2.41. The number of aromatic nitrogens is 3. The number of benzene rings is 1. The summed E-state index contributed by atoms with van der Waals surface area (Å²) in [4.78, 5) is 18.2. The molecule has 1 aromatic carbocycles. The lowest BCUT2D eigenvalue weighted by atomic mass is 9.82. The van der Waals surface area contributed by atoms with E-state index in [-0.39, 0.29) is 23.1 Å². The monoisotopic (exact) mass is 582 g/mol. The molecule has 0 bridgehead atoms. The number of fused-ring (bicyclic) bond motifs is 1. The predicted molar refractivity (Wildman–Crippen MR) is 164 cm³/mol. The predicted octanol–water partition coefficient (Wildman–Crippen LogP) is 4.27. The Kier molecular flexibility index (Phi) is 8.41. The lowest BCUT2D eigenvalue weighted by Gasteiger charge is -2.53. The summed E-state index contributed by atoms with van der Waals surface area (Å²) in [5.74, 6) is 2.55. The van der Waals surface area contributed by atoms with Crippen LogP contribution in [0.4, 0.5) is 23.3 Å². The first-order valence-electron chi connectivity index (χ1n) is 14.5. The molecule has 0 amide bonds. The Morgan fingerprint density at radius 3 is 2.63 bits per heavy atom. The van der Waals surface area contributed by atoms with Crippen molar-refractivity contribution in [1.82, 2.24) is 15.0 Å². The molecule has 2 aromatic heterocycles. The summed E-state index contributed by atoms with van der Waals surface area (Å²) in [6.07, 6.45) is 5.13. The molecule has 4 heterocycles. The Hall–Kier alpha value is -3.02. The quantitative estimate of drug-likeness (QED) is 0.358. The van der Waals surface area contributed by atoms with Gasteiger partial charge in [-0.15, -0.1) is 0 Å². The van der Waals surface area contributed by atoms with E-state index < -0.39 is 15.9 Å². The average Bonchev–Trinajstić information content (AvgIpc) is 2.95. The fraction of sp³-hybridized carbons (Fsp3) is 0.567. The number of nitrogens with zero attached hydrogens (tertiary/aromatic N) is 5.